The van der Waals surface area contributed by atoms with Gasteiger partial charge in [-0.05, 0) is 128 Å². The first-order chi connectivity index (χ1) is 48.7. The van der Waals surface area contributed by atoms with E-state index in [0.717, 1.165) is 154 Å². The van der Waals surface area contributed by atoms with Gasteiger partial charge in [-0.15, -0.1) is 0 Å². The third-order valence-corrected chi connectivity index (χ3v) is 16.9. The van der Waals surface area contributed by atoms with Crippen molar-refractivity contribution >= 4 is 39.5 Å². The zero-order valence-corrected chi connectivity index (χ0v) is 63.6. The molecular weight excluding hydrogens is 1310 g/mol. The van der Waals surface area contributed by atoms with E-state index < -0.39 is 97.5 Å². The van der Waals surface area contributed by atoms with E-state index in [0.29, 0.717) is 25.7 Å². The minimum absolute atomic E-state index is 0.0507. The van der Waals surface area contributed by atoms with Crippen molar-refractivity contribution in [2.45, 2.75) is 290 Å². The van der Waals surface area contributed by atoms with E-state index >= 15 is 0 Å². The lowest BCUT2D eigenvalue weighted by Gasteiger charge is -2.21. The minimum atomic E-state index is -5.00. The molecule has 0 fully saturated rings. The Kier molecular flexibility index (Phi) is 68.2. The molecule has 100 heavy (non-hydrogen) atoms. The molecule has 0 spiro atoms. The van der Waals surface area contributed by atoms with E-state index in [1.54, 1.807) is 6.08 Å². The second-order valence-electron chi connectivity index (χ2n) is 24.5. The number of phosphoric ester groups is 2. The third kappa shape index (κ3) is 71.1. The highest BCUT2D eigenvalue weighted by molar-refractivity contribution is 7.47. The average molecular weight is 1440 g/mol. The highest BCUT2D eigenvalue weighted by Crippen LogP contribution is 2.45. The number of phosphoric acid groups is 2. The van der Waals surface area contributed by atoms with E-state index in [4.69, 9.17) is 37.0 Å². The molecule has 0 aliphatic heterocycles. The highest BCUT2D eigenvalue weighted by atomic mass is 31.2. The quantitative estimate of drug-likeness (QED) is 0.0169. The SMILES string of the molecule is CC/C=C\C/C=C\C/C=C\C/C=C\C/C=C\CCCCCC(=O)OCC(COP(=O)(O)OCC(O)COP(=O)(O)OCC(COC(=O)C/C=C\C/C=C\C/C=C\C/C=C\C/C=C\CC)OC(=O)CCCCCCC/C=C\C/C=C\C/C=C\CC)OC(=O)CCCCCCCCCCCCC. The molecule has 568 valence electrons. The van der Waals surface area contributed by atoms with E-state index in [2.05, 4.69) is 161 Å². The van der Waals surface area contributed by atoms with Crippen LogP contribution in [0.3, 0.4) is 0 Å². The summed E-state index contributed by atoms with van der Waals surface area (Å²) in [4.78, 5) is 72.7. The van der Waals surface area contributed by atoms with Crippen molar-refractivity contribution in [3.63, 3.8) is 0 Å². The summed E-state index contributed by atoms with van der Waals surface area (Å²) in [5, 5.41) is 10.6. The first-order valence-electron chi connectivity index (χ1n) is 37.7. The molecule has 17 nitrogen and oxygen atoms in total. The fourth-order valence-corrected chi connectivity index (χ4v) is 11.0. The molecule has 5 atom stereocenters. The van der Waals surface area contributed by atoms with Crippen LogP contribution in [0.15, 0.2) is 158 Å². The maximum Gasteiger partial charge on any atom is 0.472 e. The van der Waals surface area contributed by atoms with Crippen LogP contribution >= 0.6 is 15.6 Å². The Morgan fingerprint density at radius 3 is 0.900 bits per heavy atom. The van der Waals surface area contributed by atoms with Crippen LogP contribution < -0.4 is 0 Å². The Morgan fingerprint density at radius 1 is 0.300 bits per heavy atom. The van der Waals surface area contributed by atoms with Crippen molar-refractivity contribution in [2.75, 3.05) is 39.6 Å². The number of allylic oxidation sites excluding steroid dienone is 25. The van der Waals surface area contributed by atoms with Crippen LogP contribution in [0.25, 0.3) is 0 Å². The summed E-state index contributed by atoms with van der Waals surface area (Å²) >= 11 is 0. The number of hydrogen-bond donors (Lipinski definition) is 3. The van der Waals surface area contributed by atoms with Gasteiger partial charge in [0.1, 0.15) is 19.3 Å². The Morgan fingerprint density at radius 2 is 0.560 bits per heavy atom. The normalized spacial score (nSPS) is 14.8. The third-order valence-electron chi connectivity index (χ3n) is 15.0. The molecule has 3 N–H and O–H groups in total. The number of unbranched alkanes of at least 4 members (excludes halogenated alkanes) is 18. The molecule has 0 saturated carbocycles. The molecular formula is C81H132O17P2. The van der Waals surface area contributed by atoms with Gasteiger partial charge in [-0.1, -0.05) is 276 Å². The van der Waals surface area contributed by atoms with Crippen molar-refractivity contribution in [1.82, 2.24) is 0 Å². The van der Waals surface area contributed by atoms with Crippen LogP contribution in [0.2, 0.25) is 0 Å². The van der Waals surface area contributed by atoms with Crippen LogP contribution in [0.5, 0.6) is 0 Å². The number of esters is 4. The van der Waals surface area contributed by atoms with Crippen LogP contribution in [-0.4, -0.2) is 96.7 Å². The van der Waals surface area contributed by atoms with Crippen LogP contribution in [0.4, 0.5) is 0 Å². The van der Waals surface area contributed by atoms with E-state index in [1.807, 2.05) is 18.2 Å². The average Bonchev–Trinajstić information content (AvgIpc) is 0.953. The van der Waals surface area contributed by atoms with Gasteiger partial charge < -0.3 is 33.8 Å². The molecule has 0 rings (SSSR count). The first kappa shape index (κ1) is 94.7. The Balaban J connectivity index is 5.43. The molecule has 0 saturated heterocycles. The number of rotatable bonds is 69. The van der Waals surface area contributed by atoms with Crippen LogP contribution in [-0.2, 0) is 65.4 Å². The van der Waals surface area contributed by atoms with Gasteiger partial charge in [-0.25, -0.2) is 9.13 Å². The Bertz CT molecular complexity index is 2520. The summed E-state index contributed by atoms with van der Waals surface area (Å²) in [5.74, 6) is -2.39. The lowest BCUT2D eigenvalue weighted by molar-refractivity contribution is -0.161. The summed E-state index contributed by atoms with van der Waals surface area (Å²) in [7, 11) is -9.99. The predicted octanol–water partition coefficient (Wildman–Crippen LogP) is 21.7. The Hall–Kier alpha value is -5.32. The van der Waals surface area contributed by atoms with Crippen molar-refractivity contribution < 1.29 is 80.2 Å². The maximum absolute atomic E-state index is 13.1. The number of aliphatic hydroxyl groups excluding tert-OH is 1. The summed E-state index contributed by atoms with van der Waals surface area (Å²) in [6.45, 7) is 4.33. The standard InChI is InChI=1S/C81H132O17P2/c1-5-9-13-17-21-25-29-32-35-36-37-38-41-43-47-50-54-58-62-66-79(84)91-71-76(97-80(85)67-63-59-55-51-45-28-24-20-16-12-8-4)73-95-99(87,88)93-69-75(82)70-94-100(89,90)96-74-77(98-81(86)68-64-60-56-52-48-44-40-34-31-27-23-19-15-11-7-3)72-92-78(83)65-61-57-53-49-46-42-39-33-30-26-22-18-14-10-6-2/h9-11,13-15,21-23,25-27,32-35,37-40,43,46-47,49,57,61,75-77,82H,5-8,12,16-20,24,28-31,36,41-42,44-45,48,50-56,58-60,62-74H2,1-4H3,(H,87,88)(H,89,90)/b13-9-,14-10-,15-11-,25-21-,26-22-,27-23-,35-32-,38-37-,39-33-,40-34-,47-43-,49-46-,61-57-. The van der Waals surface area contributed by atoms with Crippen LogP contribution in [0.1, 0.15) is 272 Å². The van der Waals surface area contributed by atoms with Gasteiger partial charge in [0, 0.05) is 19.3 Å². The molecule has 0 aromatic heterocycles. The first-order valence-corrected chi connectivity index (χ1v) is 40.7. The second kappa shape index (κ2) is 72.0. The number of carbonyl (C=O) groups excluding carboxylic acids is 4. The molecule has 0 radical (unpaired) electrons. The molecule has 0 aliphatic carbocycles. The van der Waals surface area contributed by atoms with Crippen LogP contribution in [0, 0.1) is 0 Å². The summed E-state index contributed by atoms with van der Waals surface area (Å²) in [5.41, 5.74) is 0. The monoisotopic (exact) mass is 1440 g/mol. The van der Waals surface area contributed by atoms with Crippen molar-refractivity contribution in [2.24, 2.45) is 0 Å². The zero-order valence-electron chi connectivity index (χ0n) is 61.8. The van der Waals surface area contributed by atoms with Gasteiger partial charge in [-0.3, -0.25) is 37.3 Å². The summed E-state index contributed by atoms with van der Waals surface area (Å²) < 4.78 is 68.3. The van der Waals surface area contributed by atoms with Gasteiger partial charge >= 0.3 is 39.5 Å². The molecule has 0 amide bonds. The summed E-state index contributed by atoms with van der Waals surface area (Å²) in [6.07, 6.45) is 82.7. The van der Waals surface area contributed by atoms with Crippen molar-refractivity contribution in [3.8, 4) is 0 Å². The lowest BCUT2D eigenvalue weighted by atomic mass is 10.1. The van der Waals surface area contributed by atoms with Crippen molar-refractivity contribution in [3.05, 3.63) is 158 Å². The second-order valence-corrected chi connectivity index (χ2v) is 27.4. The number of aliphatic hydroxyl groups is 1. The molecule has 0 heterocycles. The topological polar surface area (TPSA) is 237 Å². The molecule has 19 heteroatoms. The highest BCUT2D eigenvalue weighted by Gasteiger charge is 2.30. The zero-order chi connectivity index (χ0) is 73.2. The lowest BCUT2D eigenvalue weighted by Crippen LogP contribution is -2.30. The van der Waals surface area contributed by atoms with E-state index in [1.165, 1.54) is 38.5 Å². The van der Waals surface area contributed by atoms with Gasteiger partial charge in [0.25, 0.3) is 0 Å². The predicted molar refractivity (Wildman–Crippen MR) is 408 cm³/mol. The smallest absolute Gasteiger partial charge is 0.462 e. The van der Waals surface area contributed by atoms with Gasteiger partial charge in [0.05, 0.1) is 32.8 Å². The molecule has 5 unspecified atom stereocenters. The van der Waals surface area contributed by atoms with E-state index in [9.17, 15) is 43.2 Å². The molecule has 0 bridgehead atoms. The molecule has 0 aromatic carbocycles. The van der Waals surface area contributed by atoms with Crippen molar-refractivity contribution in [1.29, 1.82) is 0 Å². The fraction of sp³-hybridized carbons (Fsp3) is 0.630. The summed E-state index contributed by atoms with van der Waals surface area (Å²) in [6, 6.07) is 0. The Labute approximate surface area is 604 Å². The van der Waals surface area contributed by atoms with Gasteiger partial charge in [-0.2, -0.15) is 0 Å². The van der Waals surface area contributed by atoms with Gasteiger partial charge in [0.2, 0.25) is 0 Å². The maximum atomic E-state index is 13.1. The minimum Gasteiger partial charge on any atom is -0.462 e. The molecule has 0 aromatic rings. The number of hydrogen-bond acceptors (Lipinski definition) is 15. The number of ether oxygens (including phenoxy) is 4. The number of carbonyl (C=O) groups is 4. The largest absolute Gasteiger partial charge is 0.472 e. The fourth-order valence-electron chi connectivity index (χ4n) is 9.39. The van der Waals surface area contributed by atoms with Gasteiger partial charge in [0.15, 0.2) is 12.2 Å². The molecule has 0 aliphatic rings. The van der Waals surface area contributed by atoms with E-state index in [-0.39, 0.29) is 25.7 Å².